The van der Waals surface area contributed by atoms with E-state index in [-0.39, 0.29) is 17.9 Å². The van der Waals surface area contributed by atoms with Crippen molar-refractivity contribution < 1.29 is 9.59 Å². The van der Waals surface area contributed by atoms with Crippen molar-refractivity contribution in [3.05, 3.63) is 11.1 Å². The molecule has 1 aliphatic heterocycles. The second kappa shape index (κ2) is 4.93. The Bertz CT molecular complexity index is 428. The first-order valence-electron chi connectivity index (χ1n) is 5.68. The summed E-state index contributed by atoms with van der Waals surface area (Å²) in [6.45, 7) is 4.89. The van der Waals surface area contributed by atoms with Crippen LogP contribution >= 0.6 is 11.3 Å². The maximum absolute atomic E-state index is 11.5. The number of nitrogens with zero attached hydrogens (tertiary/aromatic N) is 2. The predicted octanol–water partition coefficient (Wildman–Crippen LogP) is 1.47. The third kappa shape index (κ3) is 2.37. The number of anilines is 1. The summed E-state index contributed by atoms with van der Waals surface area (Å²) in [5, 5.41) is 5.63. The first kappa shape index (κ1) is 12.2. The minimum absolute atomic E-state index is 0.137. The van der Waals surface area contributed by atoms with Crippen LogP contribution in [-0.2, 0) is 9.59 Å². The number of nitrogens with one attached hydrogen (secondary N) is 1. The number of carbonyl (C=O) groups is 2. The molecule has 1 N–H and O–H groups in total. The van der Waals surface area contributed by atoms with Crippen molar-refractivity contribution in [3.8, 4) is 0 Å². The highest BCUT2D eigenvalue weighted by molar-refractivity contribution is 7.14. The Morgan fingerprint density at radius 3 is 2.71 bits per heavy atom. The Labute approximate surface area is 104 Å². The summed E-state index contributed by atoms with van der Waals surface area (Å²) in [5.74, 6) is -0.293. The van der Waals surface area contributed by atoms with Crippen LogP contribution in [0.2, 0.25) is 0 Å². The summed E-state index contributed by atoms with van der Waals surface area (Å²) in [4.78, 5) is 28.6. The first-order valence-corrected chi connectivity index (χ1v) is 6.56. The molecule has 1 aliphatic rings. The lowest BCUT2D eigenvalue weighted by Crippen LogP contribution is -2.28. The van der Waals surface area contributed by atoms with Gasteiger partial charge in [0.05, 0.1) is 5.69 Å². The number of carbonyl (C=O) groups excluding carboxylic acids is 2. The van der Waals surface area contributed by atoms with Gasteiger partial charge in [-0.05, 0) is 13.5 Å². The molecule has 1 aromatic heterocycles. The molecule has 1 aromatic rings. The van der Waals surface area contributed by atoms with Crippen LogP contribution in [-0.4, -0.2) is 23.3 Å². The van der Waals surface area contributed by atoms with E-state index in [0.717, 1.165) is 12.2 Å². The molecule has 2 amide bonds. The molecule has 1 saturated heterocycles. The van der Waals surface area contributed by atoms with Gasteiger partial charge in [-0.2, -0.15) is 0 Å². The molecule has 2 heterocycles. The minimum atomic E-state index is -0.146. The zero-order valence-electron chi connectivity index (χ0n) is 9.90. The zero-order chi connectivity index (χ0) is 12.4. The highest BCUT2D eigenvalue weighted by Gasteiger charge is 2.32. The average Bonchev–Trinajstić information content (AvgIpc) is 2.86. The Morgan fingerprint density at radius 2 is 2.12 bits per heavy atom. The number of imide groups is 1. The Hall–Kier alpha value is -1.27. The maximum atomic E-state index is 11.5. The van der Waals surface area contributed by atoms with Gasteiger partial charge in [0.2, 0.25) is 11.8 Å². The number of rotatable bonds is 4. The topological polar surface area (TPSA) is 62.3 Å². The van der Waals surface area contributed by atoms with E-state index in [1.165, 1.54) is 16.2 Å². The van der Waals surface area contributed by atoms with Crippen molar-refractivity contribution in [1.82, 2.24) is 10.3 Å². The summed E-state index contributed by atoms with van der Waals surface area (Å²) in [7, 11) is 0. The van der Waals surface area contributed by atoms with Gasteiger partial charge in [-0.15, -0.1) is 11.3 Å². The molecule has 0 bridgehead atoms. The second-order valence-corrected chi connectivity index (χ2v) is 4.79. The Morgan fingerprint density at radius 1 is 1.47 bits per heavy atom. The van der Waals surface area contributed by atoms with E-state index in [2.05, 4.69) is 10.3 Å². The van der Waals surface area contributed by atoms with E-state index in [1.54, 1.807) is 0 Å². The fraction of sp³-hybridized carbons (Fsp3) is 0.545. The van der Waals surface area contributed by atoms with Crippen LogP contribution in [0, 0.1) is 0 Å². The molecule has 1 unspecified atom stereocenters. The summed E-state index contributed by atoms with van der Waals surface area (Å²) in [5.41, 5.74) is 0.874. The lowest BCUT2D eigenvalue weighted by Gasteiger charge is -2.10. The smallest absolute Gasteiger partial charge is 0.236 e. The summed E-state index contributed by atoms with van der Waals surface area (Å²) in [6, 6.07) is 0.137. The zero-order valence-corrected chi connectivity index (χ0v) is 10.7. The highest BCUT2D eigenvalue weighted by atomic mass is 32.1. The number of hydrogen-bond donors (Lipinski definition) is 1. The lowest BCUT2D eigenvalue weighted by molar-refractivity contribution is -0.121. The molecule has 92 valence electrons. The van der Waals surface area contributed by atoms with Crippen LogP contribution in [0.1, 0.15) is 38.4 Å². The van der Waals surface area contributed by atoms with Crippen molar-refractivity contribution >= 4 is 28.3 Å². The normalized spacial score (nSPS) is 17.9. The van der Waals surface area contributed by atoms with Gasteiger partial charge in [-0.3, -0.25) is 9.59 Å². The molecule has 1 atom stereocenters. The van der Waals surface area contributed by atoms with E-state index < -0.39 is 0 Å². The van der Waals surface area contributed by atoms with E-state index in [4.69, 9.17) is 0 Å². The van der Waals surface area contributed by atoms with E-state index >= 15 is 0 Å². The standard InChI is InChI=1S/C11H15N3O2S/c1-3-12-7(2)8-6-17-11(13-8)14-9(15)4-5-10(14)16/h6-7,12H,3-5H2,1-2H3. The number of hydrogen-bond acceptors (Lipinski definition) is 5. The van der Waals surface area contributed by atoms with Gasteiger partial charge in [0.1, 0.15) is 0 Å². The molecular formula is C11H15N3O2S. The van der Waals surface area contributed by atoms with Gasteiger partial charge >= 0.3 is 0 Å². The van der Waals surface area contributed by atoms with Gasteiger partial charge in [-0.25, -0.2) is 9.88 Å². The quantitative estimate of drug-likeness (QED) is 0.825. The monoisotopic (exact) mass is 253 g/mol. The van der Waals surface area contributed by atoms with Crippen LogP contribution in [0.4, 0.5) is 5.13 Å². The van der Waals surface area contributed by atoms with Crippen LogP contribution in [0.25, 0.3) is 0 Å². The molecule has 1 fully saturated rings. The molecule has 0 radical (unpaired) electrons. The summed E-state index contributed by atoms with van der Waals surface area (Å²) < 4.78 is 0. The van der Waals surface area contributed by atoms with E-state index in [0.29, 0.717) is 18.0 Å². The van der Waals surface area contributed by atoms with Crippen LogP contribution < -0.4 is 10.2 Å². The largest absolute Gasteiger partial charge is 0.309 e. The first-order chi connectivity index (χ1) is 8.13. The van der Waals surface area contributed by atoms with E-state index in [1.807, 2.05) is 19.2 Å². The van der Waals surface area contributed by atoms with Crippen molar-refractivity contribution in [2.45, 2.75) is 32.7 Å². The summed E-state index contributed by atoms with van der Waals surface area (Å²) in [6.07, 6.45) is 0.604. The van der Waals surface area contributed by atoms with Crippen LogP contribution in [0.3, 0.4) is 0 Å². The average molecular weight is 253 g/mol. The number of amides is 2. The molecule has 0 spiro atoms. The lowest BCUT2D eigenvalue weighted by atomic mass is 10.3. The molecule has 17 heavy (non-hydrogen) atoms. The van der Waals surface area contributed by atoms with Crippen molar-refractivity contribution in [3.63, 3.8) is 0 Å². The summed E-state index contributed by atoms with van der Waals surface area (Å²) >= 11 is 1.34. The SMILES string of the molecule is CCNC(C)c1csc(N2C(=O)CCC2=O)n1. The fourth-order valence-electron chi connectivity index (χ4n) is 1.78. The molecular weight excluding hydrogens is 238 g/mol. The van der Waals surface area contributed by atoms with Crippen LogP contribution in [0.5, 0.6) is 0 Å². The molecule has 0 saturated carbocycles. The minimum Gasteiger partial charge on any atom is -0.309 e. The third-order valence-corrected chi connectivity index (χ3v) is 3.55. The van der Waals surface area contributed by atoms with Crippen molar-refractivity contribution in [2.75, 3.05) is 11.4 Å². The van der Waals surface area contributed by atoms with Crippen molar-refractivity contribution in [1.29, 1.82) is 0 Å². The number of aromatic nitrogens is 1. The molecule has 2 rings (SSSR count). The third-order valence-electron chi connectivity index (χ3n) is 2.71. The number of thiazole rings is 1. The van der Waals surface area contributed by atoms with Gasteiger partial charge in [-0.1, -0.05) is 6.92 Å². The highest BCUT2D eigenvalue weighted by Crippen LogP contribution is 2.28. The molecule has 0 aromatic carbocycles. The van der Waals surface area contributed by atoms with Gasteiger partial charge in [0.15, 0.2) is 5.13 Å². The molecule has 6 heteroatoms. The van der Waals surface area contributed by atoms with Gasteiger partial charge in [0.25, 0.3) is 0 Å². The fourth-order valence-corrected chi connectivity index (χ4v) is 2.73. The van der Waals surface area contributed by atoms with Gasteiger partial charge in [0, 0.05) is 24.3 Å². The predicted molar refractivity (Wildman–Crippen MR) is 65.9 cm³/mol. The van der Waals surface area contributed by atoms with Gasteiger partial charge < -0.3 is 5.32 Å². The Kier molecular flexibility index (Phi) is 3.54. The van der Waals surface area contributed by atoms with Crippen molar-refractivity contribution in [2.24, 2.45) is 0 Å². The molecule has 0 aliphatic carbocycles. The second-order valence-electron chi connectivity index (χ2n) is 3.96. The molecule has 5 nitrogen and oxygen atoms in total. The van der Waals surface area contributed by atoms with E-state index in [9.17, 15) is 9.59 Å². The maximum Gasteiger partial charge on any atom is 0.236 e. The Balaban J connectivity index is 2.18. The van der Waals surface area contributed by atoms with Crippen LogP contribution in [0.15, 0.2) is 5.38 Å².